The first-order chi connectivity index (χ1) is 8.86. The molecule has 2 heterocycles. The lowest BCUT2D eigenvalue weighted by atomic mass is 10.3. The fourth-order valence-electron chi connectivity index (χ4n) is 1.33. The van der Waals surface area contributed by atoms with Gasteiger partial charge in [0.1, 0.15) is 11.5 Å². The Morgan fingerprint density at radius 1 is 1.26 bits per heavy atom. The summed E-state index contributed by atoms with van der Waals surface area (Å²) in [4.78, 5) is 3.35. The molecular formula is C11H7Br2F3N2O. The van der Waals surface area contributed by atoms with Gasteiger partial charge in [-0.15, -0.1) is 0 Å². The highest BCUT2D eigenvalue weighted by Crippen LogP contribution is 2.29. The molecule has 0 radical (unpaired) electrons. The number of pyridine rings is 1. The van der Waals surface area contributed by atoms with E-state index in [9.17, 15) is 13.2 Å². The number of alkyl halides is 3. The van der Waals surface area contributed by atoms with E-state index in [4.69, 9.17) is 4.42 Å². The first-order valence-corrected chi connectivity index (χ1v) is 6.65. The van der Waals surface area contributed by atoms with E-state index >= 15 is 0 Å². The number of hydrogen-bond acceptors (Lipinski definition) is 3. The molecule has 0 fully saturated rings. The summed E-state index contributed by atoms with van der Waals surface area (Å²) in [7, 11) is 0. The molecule has 0 atom stereocenters. The van der Waals surface area contributed by atoms with Crippen molar-refractivity contribution in [3.05, 3.63) is 45.0 Å². The van der Waals surface area contributed by atoms with E-state index in [1.807, 2.05) is 0 Å². The molecule has 0 saturated carbocycles. The molecule has 102 valence electrons. The highest BCUT2D eigenvalue weighted by atomic mass is 79.9. The number of furan rings is 1. The van der Waals surface area contributed by atoms with Crippen molar-refractivity contribution in [3.63, 3.8) is 0 Å². The molecule has 2 rings (SSSR count). The van der Waals surface area contributed by atoms with Crippen LogP contribution in [0.1, 0.15) is 11.5 Å². The van der Waals surface area contributed by atoms with Crippen LogP contribution in [-0.4, -0.2) is 4.98 Å². The molecule has 0 aromatic carbocycles. The zero-order chi connectivity index (χ0) is 14.0. The van der Waals surface area contributed by atoms with Gasteiger partial charge in [-0.2, -0.15) is 13.2 Å². The van der Waals surface area contributed by atoms with Crippen LogP contribution in [0.4, 0.5) is 18.9 Å². The Morgan fingerprint density at radius 3 is 2.47 bits per heavy atom. The standard InChI is InChI=1S/C11H7Br2F3N2O/c12-8-3-7(19-10(8)13)5-17-6-1-2-9(18-4-6)11(14,15)16/h1-4,17H,5H2. The van der Waals surface area contributed by atoms with Gasteiger partial charge in [-0.3, -0.25) is 0 Å². The summed E-state index contributed by atoms with van der Waals surface area (Å²) in [5, 5.41) is 2.91. The Morgan fingerprint density at radius 2 is 2.00 bits per heavy atom. The smallest absolute Gasteiger partial charge is 0.433 e. The van der Waals surface area contributed by atoms with E-state index in [1.54, 1.807) is 6.07 Å². The molecule has 0 spiro atoms. The Balaban J connectivity index is 2.00. The molecule has 0 amide bonds. The molecule has 19 heavy (non-hydrogen) atoms. The first kappa shape index (κ1) is 14.4. The van der Waals surface area contributed by atoms with Crippen molar-refractivity contribution in [2.75, 3.05) is 5.32 Å². The molecule has 0 aliphatic carbocycles. The van der Waals surface area contributed by atoms with Crippen molar-refractivity contribution in [2.24, 2.45) is 0 Å². The number of halogens is 5. The number of anilines is 1. The molecule has 0 bridgehead atoms. The zero-order valence-electron chi connectivity index (χ0n) is 9.26. The van der Waals surface area contributed by atoms with Gasteiger partial charge in [0.15, 0.2) is 4.67 Å². The number of nitrogens with one attached hydrogen (secondary N) is 1. The number of aromatic nitrogens is 1. The van der Waals surface area contributed by atoms with Crippen molar-refractivity contribution in [2.45, 2.75) is 12.7 Å². The van der Waals surface area contributed by atoms with Crippen LogP contribution in [0.5, 0.6) is 0 Å². The van der Waals surface area contributed by atoms with E-state index in [2.05, 4.69) is 42.2 Å². The quantitative estimate of drug-likeness (QED) is 0.803. The third kappa shape index (κ3) is 3.73. The minimum atomic E-state index is -4.42. The van der Waals surface area contributed by atoms with Crippen LogP contribution < -0.4 is 5.32 Å². The number of nitrogens with zero attached hydrogens (tertiary/aromatic N) is 1. The van der Waals surface area contributed by atoms with Crippen molar-refractivity contribution >= 4 is 37.5 Å². The summed E-state index contributed by atoms with van der Waals surface area (Å²) in [6.45, 7) is 0.344. The van der Waals surface area contributed by atoms with Crippen LogP contribution in [0.15, 0.2) is 38.0 Å². The Hall–Kier alpha value is -1.02. The van der Waals surface area contributed by atoms with E-state index in [-0.39, 0.29) is 0 Å². The van der Waals surface area contributed by atoms with Gasteiger partial charge in [0.2, 0.25) is 0 Å². The van der Waals surface area contributed by atoms with Gasteiger partial charge in [-0.25, -0.2) is 4.98 Å². The lowest BCUT2D eigenvalue weighted by Crippen LogP contribution is -2.08. The third-order valence-corrected chi connectivity index (χ3v) is 3.93. The average Bonchev–Trinajstić information content (AvgIpc) is 2.66. The lowest BCUT2D eigenvalue weighted by Gasteiger charge is -2.07. The van der Waals surface area contributed by atoms with Crippen LogP contribution in [0, 0.1) is 0 Å². The van der Waals surface area contributed by atoms with Gasteiger partial charge in [-0.05, 0) is 50.1 Å². The summed E-state index contributed by atoms with van der Waals surface area (Å²) < 4.78 is 43.6. The van der Waals surface area contributed by atoms with Gasteiger partial charge in [-0.1, -0.05) is 0 Å². The van der Waals surface area contributed by atoms with Crippen LogP contribution in [0.2, 0.25) is 0 Å². The van der Waals surface area contributed by atoms with Gasteiger partial charge < -0.3 is 9.73 Å². The van der Waals surface area contributed by atoms with Gasteiger partial charge >= 0.3 is 6.18 Å². The zero-order valence-corrected chi connectivity index (χ0v) is 12.4. The molecule has 3 nitrogen and oxygen atoms in total. The molecule has 0 unspecified atom stereocenters. The SMILES string of the molecule is FC(F)(F)c1ccc(NCc2cc(Br)c(Br)o2)cn1. The molecular weight excluding hydrogens is 393 g/mol. The fraction of sp³-hybridized carbons (Fsp3) is 0.182. The minimum absolute atomic E-state index is 0.344. The van der Waals surface area contributed by atoms with Crippen molar-refractivity contribution in [1.82, 2.24) is 4.98 Å². The summed E-state index contributed by atoms with van der Waals surface area (Å²) >= 11 is 6.46. The van der Waals surface area contributed by atoms with Crippen LogP contribution in [0.25, 0.3) is 0 Å². The maximum Gasteiger partial charge on any atom is 0.433 e. The fourth-order valence-corrected chi connectivity index (χ4v) is 1.99. The summed E-state index contributed by atoms with van der Waals surface area (Å²) in [5.74, 6) is 0.638. The second-order valence-corrected chi connectivity index (χ2v) is 5.19. The third-order valence-electron chi connectivity index (χ3n) is 2.22. The van der Waals surface area contributed by atoms with Crippen molar-refractivity contribution in [1.29, 1.82) is 0 Å². The van der Waals surface area contributed by atoms with Crippen molar-refractivity contribution < 1.29 is 17.6 Å². The summed E-state index contributed by atoms with van der Waals surface area (Å²) in [6, 6.07) is 4.01. The summed E-state index contributed by atoms with van der Waals surface area (Å²) in [5.41, 5.74) is -0.432. The van der Waals surface area contributed by atoms with E-state index in [0.29, 0.717) is 22.7 Å². The first-order valence-electron chi connectivity index (χ1n) is 5.07. The minimum Gasteiger partial charge on any atom is -0.451 e. The van der Waals surface area contributed by atoms with Crippen LogP contribution in [0.3, 0.4) is 0 Å². The van der Waals surface area contributed by atoms with E-state index < -0.39 is 11.9 Å². The molecule has 2 aromatic rings. The van der Waals surface area contributed by atoms with Gasteiger partial charge in [0.05, 0.1) is 22.9 Å². The monoisotopic (exact) mass is 398 g/mol. The highest BCUT2D eigenvalue weighted by Gasteiger charge is 2.31. The topological polar surface area (TPSA) is 38.1 Å². The maximum absolute atomic E-state index is 12.3. The van der Waals surface area contributed by atoms with Crippen molar-refractivity contribution in [3.8, 4) is 0 Å². The average molecular weight is 400 g/mol. The Bertz CT molecular complexity index is 547. The van der Waals surface area contributed by atoms with E-state index in [0.717, 1.165) is 16.7 Å². The molecule has 2 aromatic heterocycles. The predicted molar refractivity (Wildman–Crippen MR) is 70.7 cm³/mol. The van der Waals surface area contributed by atoms with E-state index in [1.165, 1.54) is 6.07 Å². The van der Waals surface area contributed by atoms with Gasteiger partial charge in [0, 0.05) is 0 Å². The Kier molecular flexibility index (Phi) is 4.19. The summed E-state index contributed by atoms with van der Waals surface area (Å²) in [6.07, 6.45) is -3.29. The number of hydrogen-bond donors (Lipinski definition) is 1. The lowest BCUT2D eigenvalue weighted by molar-refractivity contribution is -0.141. The van der Waals surface area contributed by atoms with Crippen LogP contribution in [-0.2, 0) is 12.7 Å². The Labute approximate surface area is 123 Å². The maximum atomic E-state index is 12.3. The second kappa shape index (κ2) is 5.54. The second-order valence-electron chi connectivity index (χ2n) is 3.62. The molecule has 0 aliphatic rings. The normalized spacial score (nSPS) is 11.6. The largest absolute Gasteiger partial charge is 0.451 e. The molecule has 0 saturated heterocycles. The highest BCUT2D eigenvalue weighted by molar-refractivity contribution is 9.13. The number of rotatable bonds is 3. The predicted octanol–water partition coefficient (Wildman–Crippen LogP) is 4.83. The van der Waals surface area contributed by atoms with Crippen LogP contribution >= 0.6 is 31.9 Å². The molecule has 0 aliphatic heterocycles. The van der Waals surface area contributed by atoms with Gasteiger partial charge in [0.25, 0.3) is 0 Å². The molecule has 8 heteroatoms. The molecule has 1 N–H and O–H groups in total.